The predicted molar refractivity (Wildman–Crippen MR) is 101 cm³/mol. The molecule has 0 saturated heterocycles. The minimum absolute atomic E-state index is 0.00943. The Kier molecular flexibility index (Phi) is 6.86. The maximum Gasteiger partial charge on any atom is 0.238 e. The van der Waals surface area contributed by atoms with Gasteiger partial charge in [0.15, 0.2) is 5.78 Å². The van der Waals surface area contributed by atoms with Crippen molar-refractivity contribution in [3.05, 3.63) is 65.7 Å². The fourth-order valence-corrected chi connectivity index (χ4v) is 2.59. The standard InChI is InChI=1S/C20H25N3O2/c1-15(24)16-9-11-18(12-10-16)22-20(25)14-21-13-19(23(2)3)17-7-5-4-6-8-17/h4-12,19,21H,13-14H2,1-3H3,(H,22,25)/t19-/m1/s1. The first-order valence-electron chi connectivity index (χ1n) is 8.30. The zero-order valence-corrected chi connectivity index (χ0v) is 15.0. The number of benzene rings is 2. The summed E-state index contributed by atoms with van der Waals surface area (Å²) < 4.78 is 0. The van der Waals surface area contributed by atoms with Gasteiger partial charge >= 0.3 is 0 Å². The highest BCUT2D eigenvalue weighted by Crippen LogP contribution is 2.16. The second-order valence-corrected chi connectivity index (χ2v) is 6.20. The highest BCUT2D eigenvalue weighted by molar-refractivity contribution is 5.96. The van der Waals surface area contributed by atoms with Crippen LogP contribution >= 0.6 is 0 Å². The molecule has 0 unspecified atom stereocenters. The van der Waals surface area contributed by atoms with Gasteiger partial charge in [-0.3, -0.25) is 9.59 Å². The summed E-state index contributed by atoms with van der Waals surface area (Å²) in [5.41, 5.74) is 2.53. The van der Waals surface area contributed by atoms with Crippen LogP contribution in [-0.4, -0.2) is 43.8 Å². The van der Waals surface area contributed by atoms with Crippen molar-refractivity contribution in [3.63, 3.8) is 0 Å². The highest BCUT2D eigenvalue weighted by atomic mass is 16.2. The molecule has 0 saturated carbocycles. The van der Waals surface area contributed by atoms with Crippen molar-refractivity contribution in [2.24, 2.45) is 0 Å². The number of nitrogens with zero attached hydrogens (tertiary/aromatic N) is 1. The molecule has 0 radical (unpaired) electrons. The number of hydrogen-bond acceptors (Lipinski definition) is 4. The lowest BCUT2D eigenvalue weighted by Gasteiger charge is -2.25. The number of likely N-dealkylation sites (N-methyl/N-ethyl adjacent to an activating group) is 1. The van der Waals surface area contributed by atoms with E-state index in [2.05, 4.69) is 27.7 Å². The van der Waals surface area contributed by atoms with Gasteiger partial charge < -0.3 is 15.5 Å². The van der Waals surface area contributed by atoms with Gasteiger partial charge in [0.1, 0.15) is 0 Å². The Balaban J connectivity index is 1.83. The Bertz CT molecular complexity index is 697. The molecule has 5 nitrogen and oxygen atoms in total. The van der Waals surface area contributed by atoms with Crippen molar-refractivity contribution in [1.82, 2.24) is 10.2 Å². The molecule has 2 N–H and O–H groups in total. The van der Waals surface area contributed by atoms with Crippen LogP contribution in [0.1, 0.15) is 28.9 Å². The molecular weight excluding hydrogens is 314 g/mol. The van der Waals surface area contributed by atoms with Crippen LogP contribution in [0.25, 0.3) is 0 Å². The molecule has 1 atom stereocenters. The SMILES string of the molecule is CC(=O)c1ccc(NC(=O)CNC[C@H](c2ccccc2)N(C)C)cc1. The van der Waals surface area contributed by atoms with Gasteiger partial charge in [0.2, 0.25) is 5.91 Å². The van der Waals surface area contributed by atoms with Crippen LogP contribution in [0.2, 0.25) is 0 Å². The number of carbonyl (C=O) groups is 2. The summed E-state index contributed by atoms with van der Waals surface area (Å²) in [7, 11) is 4.05. The molecule has 0 aromatic heterocycles. The van der Waals surface area contributed by atoms with Crippen LogP contribution < -0.4 is 10.6 Å². The van der Waals surface area contributed by atoms with Crippen molar-refractivity contribution in [2.45, 2.75) is 13.0 Å². The molecule has 2 rings (SSSR count). The van der Waals surface area contributed by atoms with Gasteiger partial charge in [0, 0.05) is 23.8 Å². The minimum atomic E-state index is -0.110. The molecule has 2 aromatic carbocycles. The molecule has 25 heavy (non-hydrogen) atoms. The molecule has 0 aliphatic heterocycles. The number of nitrogens with one attached hydrogen (secondary N) is 2. The van der Waals surface area contributed by atoms with E-state index >= 15 is 0 Å². The summed E-state index contributed by atoms with van der Waals surface area (Å²) in [4.78, 5) is 25.4. The van der Waals surface area contributed by atoms with Gasteiger partial charge in [-0.05, 0) is 50.8 Å². The summed E-state index contributed by atoms with van der Waals surface area (Å²) in [6.45, 7) is 2.42. The zero-order chi connectivity index (χ0) is 18.2. The van der Waals surface area contributed by atoms with Crippen LogP contribution in [0, 0.1) is 0 Å². The summed E-state index contributed by atoms with van der Waals surface area (Å²) in [6, 6.07) is 17.3. The van der Waals surface area contributed by atoms with Gasteiger partial charge in [-0.25, -0.2) is 0 Å². The summed E-state index contributed by atoms with van der Waals surface area (Å²) in [5, 5.41) is 6.03. The van der Waals surface area contributed by atoms with Crippen LogP contribution in [0.5, 0.6) is 0 Å². The van der Waals surface area contributed by atoms with Crippen molar-refractivity contribution in [2.75, 3.05) is 32.5 Å². The van der Waals surface area contributed by atoms with Crippen molar-refractivity contribution in [1.29, 1.82) is 0 Å². The third-order valence-corrected chi connectivity index (χ3v) is 4.01. The Morgan fingerprint density at radius 3 is 2.20 bits per heavy atom. The van der Waals surface area contributed by atoms with E-state index in [1.807, 2.05) is 32.3 Å². The lowest BCUT2D eigenvalue weighted by Crippen LogP contribution is -2.35. The maximum atomic E-state index is 12.1. The van der Waals surface area contributed by atoms with E-state index in [0.717, 1.165) is 0 Å². The number of anilines is 1. The second kappa shape index (κ2) is 9.11. The fraction of sp³-hybridized carbons (Fsp3) is 0.300. The lowest BCUT2D eigenvalue weighted by atomic mass is 10.1. The third-order valence-electron chi connectivity index (χ3n) is 4.01. The maximum absolute atomic E-state index is 12.1. The molecular formula is C20H25N3O2. The highest BCUT2D eigenvalue weighted by Gasteiger charge is 2.13. The molecule has 2 aromatic rings. The Labute approximate surface area is 149 Å². The largest absolute Gasteiger partial charge is 0.325 e. The fourth-order valence-electron chi connectivity index (χ4n) is 2.59. The minimum Gasteiger partial charge on any atom is -0.325 e. The van der Waals surface area contributed by atoms with Crippen LogP contribution in [0.15, 0.2) is 54.6 Å². The third kappa shape index (κ3) is 5.81. The van der Waals surface area contributed by atoms with E-state index < -0.39 is 0 Å². The van der Waals surface area contributed by atoms with Crippen LogP contribution in [0.3, 0.4) is 0 Å². The van der Waals surface area contributed by atoms with Gasteiger partial charge in [-0.1, -0.05) is 30.3 Å². The molecule has 0 bridgehead atoms. The first-order chi connectivity index (χ1) is 12.0. The number of ketones is 1. The average molecular weight is 339 g/mol. The van der Waals surface area contributed by atoms with E-state index in [-0.39, 0.29) is 24.3 Å². The Morgan fingerprint density at radius 2 is 1.64 bits per heavy atom. The molecule has 0 heterocycles. The Morgan fingerprint density at radius 1 is 1.00 bits per heavy atom. The van der Waals surface area contributed by atoms with Gasteiger partial charge in [0.25, 0.3) is 0 Å². The number of amides is 1. The first kappa shape index (κ1) is 18.8. The molecule has 132 valence electrons. The predicted octanol–water partition coefficient (Wildman–Crippen LogP) is 2.72. The van der Waals surface area contributed by atoms with Crippen molar-refractivity contribution >= 4 is 17.4 Å². The number of carbonyl (C=O) groups excluding carboxylic acids is 2. The molecule has 0 aliphatic rings. The molecule has 0 aliphatic carbocycles. The van der Waals surface area contributed by atoms with Crippen molar-refractivity contribution in [3.8, 4) is 0 Å². The normalized spacial score (nSPS) is 12.0. The molecule has 1 amide bonds. The smallest absolute Gasteiger partial charge is 0.238 e. The molecule has 0 fully saturated rings. The summed E-state index contributed by atoms with van der Waals surface area (Å²) >= 11 is 0. The quantitative estimate of drug-likeness (QED) is 0.726. The number of hydrogen-bond donors (Lipinski definition) is 2. The zero-order valence-electron chi connectivity index (χ0n) is 15.0. The topological polar surface area (TPSA) is 61.4 Å². The van der Waals surface area contributed by atoms with E-state index in [9.17, 15) is 9.59 Å². The van der Waals surface area contributed by atoms with E-state index in [1.54, 1.807) is 24.3 Å². The average Bonchev–Trinajstić information content (AvgIpc) is 2.59. The lowest BCUT2D eigenvalue weighted by molar-refractivity contribution is -0.115. The second-order valence-electron chi connectivity index (χ2n) is 6.20. The summed E-state index contributed by atoms with van der Waals surface area (Å²) in [5.74, 6) is -0.101. The number of Topliss-reactive ketones (excluding diaryl/α,β-unsaturated/α-hetero) is 1. The summed E-state index contributed by atoms with van der Waals surface area (Å²) in [6.07, 6.45) is 0. The molecule has 0 spiro atoms. The van der Waals surface area contributed by atoms with Gasteiger partial charge in [-0.15, -0.1) is 0 Å². The Hall–Kier alpha value is -2.50. The van der Waals surface area contributed by atoms with E-state index in [4.69, 9.17) is 0 Å². The van der Waals surface area contributed by atoms with E-state index in [1.165, 1.54) is 12.5 Å². The van der Waals surface area contributed by atoms with Crippen LogP contribution in [0.4, 0.5) is 5.69 Å². The number of rotatable bonds is 8. The van der Waals surface area contributed by atoms with E-state index in [0.29, 0.717) is 17.8 Å². The monoisotopic (exact) mass is 339 g/mol. The molecule has 5 heteroatoms. The van der Waals surface area contributed by atoms with Crippen molar-refractivity contribution < 1.29 is 9.59 Å². The first-order valence-corrected chi connectivity index (χ1v) is 8.30. The van der Waals surface area contributed by atoms with Gasteiger partial charge in [-0.2, -0.15) is 0 Å². The van der Waals surface area contributed by atoms with Crippen LogP contribution in [-0.2, 0) is 4.79 Å². The van der Waals surface area contributed by atoms with Gasteiger partial charge in [0.05, 0.1) is 6.54 Å².